The van der Waals surface area contributed by atoms with Crippen molar-refractivity contribution in [2.45, 2.75) is 12.5 Å². The van der Waals surface area contributed by atoms with Gasteiger partial charge in [-0.05, 0) is 11.1 Å². The Morgan fingerprint density at radius 3 is 2.61 bits per heavy atom. The molecule has 1 aromatic carbocycles. The Labute approximate surface area is 106 Å². The van der Waals surface area contributed by atoms with Crippen LogP contribution in [0.2, 0.25) is 0 Å². The normalized spacial score (nSPS) is 19.4. The maximum atomic E-state index is 11.7. The number of nitrogens with zero attached hydrogens (tertiary/aromatic N) is 1. The molecule has 1 N–H and O–H groups in total. The van der Waals surface area contributed by atoms with Gasteiger partial charge in [-0.15, -0.1) is 0 Å². The molecule has 0 aromatic heterocycles. The van der Waals surface area contributed by atoms with Gasteiger partial charge in [-0.1, -0.05) is 36.9 Å². The van der Waals surface area contributed by atoms with Crippen LogP contribution in [0, 0.1) is 0 Å². The van der Waals surface area contributed by atoms with Gasteiger partial charge in [0.1, 0.15) is 0 Å². The smallest absolute Gasteiger partial charge is 0.246 e. The molecule has 18 heavy (non-hydrogen) atoms. The molecule has 1 fully saturated rings. The number of hydrogen-bond donors (Lipinski definition) is 1. The second-order valence-corrected chi connectivity index (χ2v) is 4.40. The van der Waals surface area contributed by atoms with Crippen molar-refractivity contribution in [2.24, 2.45) is 0 Å². The Hall–Kier alpha value is -1.94. The van der Waals surface area contributed by atoms with Crippen LogP contribution in [0.25, 0.3) is 5.57 Å². The monoisotopic (exact) mass is 244 g/mol. The summed E-state index contributed by atoms with van der Waals surface area (Å²) in [5.74, 6) is -0.302. The first-order chi connectivity index (χ1) is 8.59. The highest BCUT2D eigenvalue weighted by Gasteiger charge is 2.35. The minimum atomic E-state index is -0.414. The quantitative estimate of drug-likeness (QED) is 0.805. The van der Waals surface area contributed by atoms with E-state index in [1.54, 1.807) is 0 Å². The largest absolute Gasteiger partial charge is 0.301 e. The van der Waals surface area contributed by atoms with Crippen LogP contribution >= 0.6 is 0 Å². The third kappa shape index (κ3) is 2.49. The van der Waals surface area contributed by atoms with Crippen molar-refractivity contribution in [3.8, 4) is 0 Å². The van der Waals surface area contributed by atoms with Gasteiger partial charge in [-0.25, -0.2) is 0 Å². The summed E-state index contributed by atoms with van der Waals surface area (Å²) in [6.45, 7) is 4.48. The number of likely N-dealkylation sites (tertiary alicyclic amines) is 1. The molecule has 1 saturated heterocycles. The zero-order chi connectivity index (χ0) is 13.1. The van der Waals surface area contributed by atoms with Crippen molar-refractivity contribution < 1.29 is 9.59 Å². The Balaban J connectivity index is 1.91. The van der Waals surface area contributed by atoms with Gasteiger partial charge in [-0.3, -0.25) is 14.5 Å². The predicted molar refractivity (Wildman–Crippen MR) is 69.7 cm³/mol. The van der Waals surface area contributed by atoms with Gasteiger partial charge in [0.25, 0.3) is 0 Å². The second-order valence-electron chi connectivity index (χ2n) is 4.40. The van der Waals surface area contributed by atoms with E-state index in [0.29, 0.717) is 6.54 Å². The topological polar surface area (TPSA) is 49.4 Å². The van der Waals surface area contributed by atoms with E-state index in [1.807, 2.05) is 30.3 Å². The molecule has 1 heterocycles. The van der Waals surface area contributed by atoms with Gasteiger partial charge in [0.05, 0.1) is 12.5 Å². The molecular weight excluding hydrogens is 228 g/mol. The van der Waals surface area contributed by atoms with Crippen molar-refractivity contribution in [3.63, 3.8) is 0 Å². The summed E-state index contributed by atoms with van der Waals surface area (Å²) >= 11 is 0. The third-order valence-corrected chi connectivity index (χ3v) is 3.13. The van der Waals surface area contributed by atoms with Crippen molar-refractivity contribution in [3.05, 3.63) is 42.5 Å². The predicted octanol–water partition coefficient (Wildman–Crippen LogP) is 1.05. The molecule has 0 bridgehead atoms. The number of imide groups is 1. The van der Waals surface area contributed by atoms with Crippen molar-refractivity contribution in [1.82, 2.24) is 10.2 Å². The zero-order valence-corrected chi connectivity index (χ0v) is 10.3. The number of benzene rings is 1. The maximum Gasteiger partial charge on any atom is 0.246 e. The number of hydrogen-bond acceptors (Lipinski definition) is 3. The molecule has 2 rings (SSSR count). The molecule has 1 aromatic rings. The van der Waals surface area contributed by atoms with E-state index in [9.17, 15) is 9.59 Å². The maximum absolute atomic E-state index is 11.7. The molecule has 1 unspecified atom stereocenters. The standard InChI is InChI=1S/C14H16N2O2/c1-10(11-6-4-3-5-7-11)9-15-12-8-13(17)16(2)14(12)18/h3-7,12,15H,1,8-9H2,2H3. The molecule has 0 spiro atoms. The van der Waals surface area contributed by atoms with Crippen LogP contribution in [0.4, 0.5) is 0 Å². The number of amides is 2. The first-order valence-corrected chi connectivity index (χ1v) is 5.86. The summed E-state index contributed by atoms with van der Waals surface area (Å²) in [6.07, 6.45) is 0.234. The SMILES string of the molecule is C=C(CNC1CC(=O)N(C)C1=O)c1ccccc1. The number of rotatable bonds is 4. The van der Waals surface area contributed by atoms with E-state index >= 15 is 0 Å². The van der Waals surface area contributed by atoms with E-state index in [1.165, 1.54) is 11.9 Å². The minimum Gasteiger partial charge on any atom is -0.301 e. The summed E-state index contributed by atoms with van der Waals surface area (Å²) in [5.41, 5.74) is 1.94. The second kappa shape index (κ2) is 5.14. The van der Waals surface area contributed by atoms with Gasteiger partial charge in [0, 0.05) is 13.6 Å². The number of nitrogens with one attached hydrogen (secondary N) is 1. The number of carbonyl (C=O) groups excluding carboxylic acids is 2. The van der Waals surface area contributed by atoms with Crippen LogP contribution in [0.5, 0.6) is 0 Å². The Morgan fingerprint density at radius 2 is 2.06 bits per heavy atom. The fourth-order valence-electron chi connectivity index (χ4n) is 1.94. The summed E-state index contributed by atoms with van der Waals surface area (Å²) in [7, 11) is 1.51. The van der Waals surface area contributed by atoms with Crippen LogP contribution in [0.15, 0.2) is 36.9 Å². The molecule has 0 aliphatic carbocycles. The molecular formula is C14H16N2O2. The average Bonchev–Trinajstić information content (AvgIpc) is 2.64. The molecule has 4 heteroatoms. The lowest BCUT2D eigenvalue weighted by atomic mass is 10.1. The van der Waals surface area contributed by atoms with Crippen LogP contribution in [-0.2, 0) is 9.59 Å². The minimum absolute atomic E-state index is 0.136. The van der Waals surface area contributed by atoms with Gasteiger partial charge in [0.15, 0.2) is 0 Å². The van der Waals surface area contributed by atoms with Gasteiger partial charge in [-0.2, -0.15) is 0 Å². The van der Waals surface area contributed by atoms with Crippen LogP contribution in [0.3, 0.4) is 0 Å². The van der Waals surface area contributed by atoms with Gasteiger partial charge < -0.3 is 5.32 Å². The highest BCUT2D eigenvalue weighted by Crippen LogP contribution is 2.14. The van der Waals surface area contributed by atoms with E-state index in [0.717, 1.165) is 11.1 Å². The first kappa shape index (κ1) is 12.5. The Bertz CT molecular complexity index is 482. The third-order valence-electron chi connectivity index (χ3n) is 3.13. The molecule has 94 valence electrons. The fraction of sp³-hybridized carbons (Fsp3) is 0.286. The zero-order valence-electron chi connectivity index (χ0n) is 10.3. The highest BCUT2D eigenvalue weighted by atomic mass is 16.2. The average molecular weight is 244 g/mol. The molecule has 0 radical (unpaired) electrons. The van der Waals surface area contributed by atoms with Crippen molar-refractivity contribution in [2.75, 3.05) is 13.6 Å². The lowest BCUT2D eigenvalue weighted by Gasteiger charge is -2.12. The van der Waals surface area contributed by atoms with Gasteiger partial charge >= 0.3 is 0 Å². The van der Waals surface area contributed by atoms with Crippen LogP contribution in [-0.4, -0.2) is 36.3 Å². The first-order valence-electron chi connectivity index (χ1n) is 5.86. The lowest BCUT2D eigenvalue weighted by molar-refractivity contribution is -0.137. The van der Waals surface area contributed by atoms with Crippen LogP contribution in [0.1, 0.15) is 12.0 Å². The molecule has 0 saturated carbocycles. The summed E-state index contributed by atoms with van der Waals surface area (Å²) in [4.78, 5) is 24.2. The Kier molecular flexibility index (Phi) is 3.58. The van der Waals surface area contributed by atoms with E-state index in [-0.39, 0.29) is 18.2 Å². The van der Waals surface area contributed by atoms with Gasteiger partial charge in [0.2, 0.25) is 11.8 Å². The number of carbonyl (C=O) groups is 2. The van der Waals surface area contributed by atoms with E-state index < -0.39 is 6.04 Å². The van der Waals surface area contributed by atoms with E-state index in [4.69, 9.17) is 0 Å². The fourth-order valence-corrected chi connectivity index (χ4v) is 1.94. The number of likely N-dealkylation sites (N-methyl/N-ethyl adjacent to an activating group) is 1. The highest BCUT2D eigenvalue weighted by molar-refractivity contribution is 6.05. The lowest BCUT2D eigenvalue weighted by Crippen LogP contribution is -2.37. The van der Waals surface area contributed by atoms with E-state index in [2.05, 4.69) is 11.9 Å². The van der Waals surface area contributed by atoms with Crippen molar-refractivity contribution >= 4 is 17.4 Å². The van der Waals surface area contributed by atoms with Crippen molar-refractivity contribution in [1.29, 1.82) is 0 Å². The molecule has 4 nitrogen and oxygen atoms in total. The Morgan fingerprint density at radius 1 is 1.39 bits per heavy atom. The summed E-state index contributed by atoms with van der Waals surface area (Å²) in [5, 5.41) is 3.08. The molecule has 1 aliphatic heterocycles. The molecule has 1 aliphatic rings. The summed E-state index contributed by atoms with van der Waals surface area (Å²) in [6, 6.07) is 9.35. The summed E-state index contributed by atoms with van der Waals surface area (Å²) < 4.78 is 0. The molecule has 2 amide bonds. The molecule has 1 atom stereocenters. The van der Waals surface area contributed by atoms with Crippen LogP contribution < -0.4 is 5.32 Å².